The molecular weight excluding hydrogens is 347 g/mol. The molecule has 0 amide bonds. The number of halogens is 1. The molecule has 9 heteroatoms. The number of aromatic nitrogens is 5. The van der Waals surface area contributed by atoms with Gasteiger partial charge in [0.25, 0.3) is 0 Å². The highest BCUT2D eigenvalue weighted by molar-refractivity contribution is 5.79. The molecule has 0 aliphatic heterocycles. The molecule has 2 aromatic heterocycles. The first-order valence-corrected chi connectivity index (χ1v) is 8.62. The second kappa shape index (κ2) is 8.43. The Bertz CT molecular complexity index is 896. The minimum absolute atomic E-state index is 0.257. The summed E-state index contributed by atoms with van der Waals surface area (Å²) in [6, 6.07) is 8.21. The molecule has 3 aromatic rings. The molecule has 0 bridgehead atoms. The highest BCUT2D eigenvalue weighted by Gasteiger charge is 2.10. The van der Waals surface area contributed by atoms with Crippen molar-refractivity contribution >= 4 is 5.96 Å². The van der Waals surface area contributed by atoms with Gasteiger partial charge in [0.1, 0.15) is 18.0 Å². The third-order valence-corrected chi connectivity index (χ3v) is 4.16. The molecular formula is C18H23FN8. The van der Waals surface area contributed by atoms with Crippen LogP contribution >= 0.6 is 0 Å². The molecule has 8 nitrogen and oxygen atoms in total. The Kier molecular flexibility index (Phi) is 5.80. The van der Waals surface area contributed by atoms with E-state index in [2.05, 4.69) is 25.5 Å². The Morgan fingerprint density at radius 1 is 1.26 bits per heavy atom. The van der Waals surface area contributed by atoms with Gasteiger partial charge >= 0.3 is 0 Å². The maximum atomic E-state index is 13.0. The number of benzene rings is 1. The van der Waals surface area contributed by atoms with Gasteiger partial charge in [0.15, 0.2) is 5.96 Å². The fourth-order valence-corrected chi connectivity index (χ4v) is 2.67. The van der Waals surface area contributed by atoms with Gasteiger partial charge in [-0.15, -0.1) is 0 Å². The highest BCUT2D eigenvalue weighted by atomic mass is 19.1. The summed E-state index contributed by atoms with van der Waals surface area (Å²) in [4.78, 5) is 10.5. The van der Waals surface area contributed by atoms with E-state index >= 15 is 0 Å². The van der Waals surface area contributed by atoms with Crippen LogP contribution in [0.4, 0.5) is 4.39 Å². The van der Waals surface area contributed by atoms with Gasteiger partial charge in [-0.3, -0.25) is 9.67 Å². The minimum Gasteiger partial charge on any atom is -0.356 e. The summed E-state index contributed by atoms with van der Waals surface area (Å²) in [5.41, 5.74) is 1.77. The summed E-state index contributed by atoms with van der Waals surface area (Å²) in [5.74, 6) is 1.38. The monoisotopic (exact) mass is 370 g/mol. The molecule has 0 atom stereocenters. The molecule has 2 heterocycles. The molecule has 0 unspecified atom stereocenters. The number of hydrogen-bond acceptors (Lipinski definition) is 4. The van der Waals surface area contributed by atoms with Crippen molar-refractivity contribution in [3.8, 4) is 5.69 Å². The summed E-state index contributed by atoms with van der Waals surface area (Å²) < 4.78 is 16.5. The normalized spacial score (nSPS) is 11.6. The summed E-state index contributed by atoms with van der Waals surface area (Å²) in [7, 11) is 5.57. The van der Waals surface area contributed by atoms with Crippen molar-refractivity contribution in [2.45, 2.75) is 13.0 Å². The van der Waals surface area contributed by atoms with Crippen molar-refractivity contribution < 1.29 is 4.39 Å². The van der Waals surface area contributed by atoms with Gasteiger partial charge in [-0.05, 0) is 30.3 Å². The molecule has 0 saturated heterocycles. The Hall–Kier alpha value is -3.23. The van der Waals surface area contributed by atoms with Gasteiger partial charge in [-0.25, -0.2) is 14.1 Å². The van der Waals surface area contributed by atoms with E-state index in [9.17, 15) is 4.39 Å². The largest absolute Gasteiger partial charge is 0.356 e. The molecule has 0 radical (unpaired) electrons. The van der Waals surface area contributed by atoms with Gasteiger partial charge in [-0.1, -0.05) is 0 Å². The lowest BCUT2D eigenvalue weighted by molar-refractivity contribution is 0.449. The fraction of sp³-hybridized carbons (Fsp3) is 0.333. The van der Waals surface area contributed by atoms with Crippen molar-refractivity contribution in [2.24, 2.45) is 12.0 Å². The van der Waals surface area contributed by atoms with E-state index in [1.54, 1.807) is 28.5 Å². The van der Waals surface area contributed by atoms with Crippen molar-refractivity contribution in [3.63, 3.8) is 0 Å². The van der Waals surface area contributed by atoms with Crippen LogP contribution in [0, 0.1) is 5.82 Å². The van der Waals surface area contributed by atoms with E-state index in [0.29, 0.717) is 13.1 Å². The zero-order valence-corrected chi connectivity index (χ0v) is 15.7. The average Bonchev–Trinajstić information content (AvgIpc) is 3.29. The standard InChI is InChI=1S/C18H23FN8/c1-20-18(25(2)12-17-22-13-23-26(17)3)21-10-8-15-9-11-27(24-15)16-6-4-14(19)5-7-16/h4-7,9,11,13H,8,10,12H2,1-3H3,(H,20,21). The molecule has 0 spiro atoms. The third kappa shape index (κ3) is 4.69. The number of hydrogen-bond donors (Lipinski definition) is 1. The van der Waals surface area contributed by atoms with E-state index in [-0.39, 0.29) is 5.82 Å². The quantitative estimate of drug-likeness (QED) is 0.524. The summed E-state index contributed by atoms with van der Waals surface area (Å²) in [5, 5.41) is 11.9. The van der Waals surface area contributed by atoms with Gasteiger partial charge in [-0.2, -0.15) is 10.2 Å². The Morgan fingerprint density at radius 3 is 2.70 bits per heavy atom. The molecule has 142 valence electrons. The van der Waals surface area contributed by atoms with E-state index < -0.39 is 0 Å². The van der Waals surface area contributed by atoms with Gasteiger partial charge in [0.2, 0.25) is 0 Å². The first-order valence-electron chi connectivity index (χ1n) is 8.62. The Labute approximate surface area is 157 Å². The van der Waals surface area contributed by atoms with E-state index in [4.69, 9.17) is 0 Å². The Morgan fingerprint density at radius 2 is 2.04 bits per heavy atom. The number of guanidine groups is 1. The number of nitrogens with zero attached hydrogens (tertiary/aromatic N) is 7. The second-order valence-electron chi connectivity index (χ2n) is 6.11. The average molecular weight is 370 g/mol. The maximum absolute atomic E-state index is 13.0. The van der Waals surface area contributed by atoms with E-state index in [1.807, 2.05) is 31.3 Å². The second-order valence-corrected chi connectivity index (χ2v) is 6.11. The first kappa shape index (κ1) is 18.6. The van der Waals surface area contributed by atoms with Crippen LogP contribution in [0.2, 0.25) is 0 Å². The van der Waals surface area contributed by atoms with E-state index in [0.717, 1.165) is 29.6 Å². The van der Waals surface area contributed by atoms with Gasteiger partial charge in [0.05, 0.1) is 17.9 Å². The summed E-state index contributed by atoms with van der Waals surface area (Å²) in [6.45, 7) is 1.30. The zero-order valence-electron chi connectivity index (χ0n) is 15.7. The maximum Gasteiger partial charge on any atom is 0.193 e. The first-order chi connectivity index (χ1) is 13.1. The molecule has 27 heavy (non-hydrogen) atoms. The number of rotatable bonds is 6. The van der Waals surface area contributed by atoms with Crippen LogP contribution in [0.15, 0.2) is 47.8 Å². The number of aryl methyl sites for hydroxylation is 1. The van der Waals surface area contributed by atoms with Crippen molar-refractivity contribution in [2.75, 3.05) is 20.6 Å². The lowest BCUT2D eigenvalue weighted by atomic mass is 10.3. The van der Waals surface area contributed by atoms with Crippen LogP contribution < -0.4 is 5.32 Å². The van der Waals surface area contributed by atoms with Crippen LogP contribution in [0.1, 0.15) is 11.5 Å². The van der Waals surface area contributed by atoms with Crippen molar-refractivity contribution in [1.82, 2.24) is 34.8 Å². The topological polar surface area (TPSA) is 76.2 Å². The third-order valence-electron chi connectivity index (χ3n) is 4.16. The van der Waals surface area contributed by atoms with Gasteiger partial charge in [0, 0.05) is 40.3 Å². The minimum atomic E-state index is -0.257. The number of aliphatic imine (C=N–C) groups is 1. The highest BCUT2D eigenvalue weighted by Crippen LogP contribution is 2.09. The lowest BCUT2D eigenvalue weighted by Crippen LogP contribution is -2.39. The van der Waals surface area contributed by atoms with Gasteiger partial charge < -0.3 is 10.2 Å². The molecule has 3 rings (SSSR count). The van der Waals surface area contributed by atoms with Crippen LogP contribution in [0.5, 0.6) is 0 Å². The van der Waals surface area contributed by atoms with Crippen molar-refractivity contribution in [1.29, 1.82) is 0 Å². The molecule has 0 aliphatic carbocycles. The number of nitrogens with one attached hydrogen (secondary N) is 1. The SMILES string of the molecule is CN=C(NCCc1ccn(-c2ccc(F)cc2)n1)N(C)Cc1ncnn1C. The summed E-state index contributed by atoms with van der Waals surface area (Å²) in [6.07, 6.45) is 4.15. The predicted molar refractivity (Wildman–Crippen MR) is 101 cm³/mol. The lowest BCUT2D eigenvalue weighted by Gasteiger charge is -2.21. The molecule has 0 saturated carbocycles. The predicted octanol–water partition coefficient (Wildman–Crippen LogP) is 1.39. The molecule has 1 N–H and O–H groups in total. The molecule has 0 fully saturated rings. The van der Waals surface area contributed by atoms with Crippen LogP contribution in [-0.2, 0) is 20.0 Å². The summed E-state index contributed by atoms with van der Waals surface area (Å²) >= 11 is 0. The molecule has 1 aromatic carbocycles. The fourth-order valence-electron chi connectivity index (χ4n) is 2.67. The smallest absolute Gasteiger partial charge is 0.193 e. The van der Waals surface area contributed by atoms with E-state index in [1.165, 1.54) is 18.5 Å². The Balaban J connectivity index is 1.52. The van der Waals surface area contributed by atoms with Crippen LogP contribution in [-0.4, -0.2) is 56.0 Å². The van der Waals surface area contributed by atoms with Crippen molar-refractivity contribution in [3.05, 3.63) is 60.2 Å². The van der Waals surface area contributed by atoms with Crippen LogP contribution in [0.25, 0.3) is 5.69 Å². The van der Waals surface area contributed by atoms with Crippen LogP contribution in [0.3, 0.4) is 0 Å². The zero-order chi connectivity index (χ0) is 19.2. The molecule has 0 aliphatic rings.